The fourth-order valence-corrected chi connectivity index (χ4v) is 8.48. The summed E-state index contributed by atoms with van der Waals surface area (Å²) in [6, 6.07) is 15.7. The summed E-state index contributed by atoms with van der Waals surface area (Å²) in [5, 5.41) is 10.1. The van der Waals surface area contributed by atoms with Gasteiger partial charge in [-0.25, -0.2) is 9.29 Å². The molecule has 10 heteroatoms. The van der Waals surface area contributed by atoms with Crippen LogP contribution in [0, 0.1) is 34.9 Å². The summed E-state index contributed by atoms with van der Waals surface area (Å²) in [7, 11) is 1.46. The fraction of sp³-hybridized carbons (Fsp3) is 0.333. The van der Waals surface area contributed by atoms with E-state index in [1.165, 1.54) is 36.3 Å². The van der Waals surface area contributed by atoms with Gasteiger partial charge in [-0.05, 0) is 74.1 Å². The Morgan fingerprint density at radius 3 is 2.33 bits per heavy atom. The number of nitrogens with zero attached hydrogens (tertiary/aromatic N) is 2. The fourth-order valence-electron chi connectivity index (χ4n) is 8.30. The van der Waals surface area contributed by atoms with Crippen LogP contribution in [0.2, 0.25) is 5.02 Å². The number of methoxy groups -OCH3 is 1. The summed E-state index contributed by atoms with van der Waals surface area (Å²) in [4.78, 5) is 59.3. The number of carbonyl (C=O) groups is 4. The molecule has 0 radical (unpaired) electrons. The van der Waals surface area contributed by atoms with Gasteiger partial charge in [-0.2, -0.15) is 0 Å². The summed E-state index contributed by atoms with van der Waals surface area (Å²) in [6.45, 7) is 3.77. The second-order valence-electron chi connectivity index (χ2n) is 12.7. The van der Waals surface area contributed by atoms with Crippen LogP contribution in [0.4, 0.5) is 15.8 Å². The summed E-state index contributed by atoms with van der Waals surface area (Å²) in [6.07, 6.45) is 3.23. The predicted molar refractivity (Wildman–Crippen MR) is 169 cm³/mol. The normalized spacial score (nSPS) is 28.6. The molecular formula is C36H32ClFN2O6. The van der Waals surface area contributed by atoms with Crippen molar-refractivity contribution in [2.45, 2.75) is 39.0 Å². The number of aryl methyl sites for hydroxylation is 1. The van der Waals surface area contributed by atoms with E-state index in [1.54, 1.807) is 25.1 Å². The van der Waals surface area contributed by atoms with Crippen LogP contribution in [0.1, 0.15) is 43.7 Å². The average Bonchev–Trinajstić information content (AvgIpc) is 3.42. The van der Waals surface area contributed by atoms with Crippen molar-refractivity contribution in [1.29, 1.82) is 0 Å². The minimum Gasteiger partial charge on any atom is -0.508 e. The molecule has 0 aromatic heterocycles. The third-order valence-electron chi connectivity index (χ3n) is 10.6. The number of phenolic OH excluding ortho intramolecular Hbond substituents is 1. The molecule has 3 aromatic carbocycles. The Morgan fingerprint density at radius 1 is 0.935 bits per heavy atom. The van der Waals surface area contributed by atoms with Gasteiger partial charge >= 0.3 is 0 Å². The second kappa shape index (κ2) is 10.8. The van der Waals surface area contributed by atoms with Gasteiger partial charge in [-0.15, -0.1) is 0 Å². The number of hydrogen-bond donors (Lipinski definition) is 1. The number of ether oxygens (including phenoxy) is 1. The molecule has 3 aromatic rings. The molecule has 1 N–H and O–H groups in total. The summed E-state index contributed by atoms with van der Waals surface area (Å²) in [5.74, 6) is -5.45. The van der Waals surface area contributed by atoms with Gasteiger partial charge in [0.15, 0.2) is 0 Å². The monoisotopic (exact) mass is 642 g/mol. The van der Waals surface area contributed by atoms with E-state index < -0.39 is 52.6 Å². The first-order valence-electron chi connectivity index (χ1n) is 15.4. The van der Waals surface area contributed by atoms with Crippen LogP contribution in [0.25, 0.3) is 0 Å². The molecule has 0 spiro atoms. The third-order valence-corrected chi connectivity index (χ3v) is 10.9. The first-order valence-corrected chi connectivity index (χ1v) is 15.8. The minimum atomic E-state index is -1.33. The second-order valence-corrected chi connectivity index (χ2v) is 13.1. The van der Waals surface area contributed by atoms with Gasteiger partial charge in [0, 0.05) is 17.5 Å². The van der Waals surface area contributed by atoms with Gasteiger partial charge in [-0.1, -0.05) is 48.4 Å². The van der Waals surface area contributed by atoms with Crippen LogP contribution < -0.4 is 14.5 Å². The van der Waals surface area contributed by atoms with E-state index in [0.29, 0.717) is 23.4 Å². The van der Waals surface area contributed by atoms with E-state index in [1.807, 2.05) is 25.1 Å². The first-order chi connectivity index (χ1) is 22.0. The molecule has 2 saturated heterocycles. The SMILES string of the molecule is CCc1ccc(N2C(=O)[C@H]3[C@H](CC=C4[C@H]3C[C@H]3C(=O)N(c5ccc(F)c(Cl)c5)C(=O)[C@@]3(C)[C@H]4c3ccc(O)cc3OC)C2=O)cc1. The Balaban J connectivity index is 1.37. The number of amides is 4. The Bertz CT molecular complexity index is 1860. The highest BCUT2D eigenvalue weighted by molar-refractivity contribution is 6.32. The lowest BCUT2D eigenvalue weighted by Crippen LogP contribution is -2.49. The number of hydrogen-bond acceptors (Lipinski definition) is 6. The van der Waals surface area contributed by atoms with Crippen LogP contribution in [0.15, 0.2) is 72.3 Å². The quantitative estimate of drug-likeness (QED) is 0.263. The van der Waals surface area contributed by atoms with Crippen LogP contribution in [0.3, 0.4) is 0 Å². The lowest BCUT2D eigenvalue weighted by Gasteiger charge is -2.49. The summed E-state index contributed by atoms with van der Waals surface area (Å²) >= 11 is 6.08. The van der Waals surface area contributed by atoms with Crippen molar-refractivity contribution in [1.82, 2.24) is 0 Å². The van der Waals surface area contributed by atoms with Gasteiger partial charge in [0.05, 0.1) is 46.7 Å². The first kappa shape index (κ1) is 30.2. The Labute approximate surface area is 270 Å². The molecule has 236 valence electrons. The Kier molecular flexibility index (Phi) is 7.08. The highest BCUT2D eigenvalue weighted by Crippen LogP contribution is 2.64. The molecule has 4 amide bonds. The number of halogens is 2. The van der Waals surface area contributed by atoms with Crippen molar-refractivity contribution in [2.75, 3.05) is 16.9 Å². The van der Waals surface area contributed by atoms with E-state index in [2.05, 4.69) is 0 Å². The largest absolute Gasteiger partial charge is 0.508 e. The molecule has 0 bridgehead atoms. The van der Waals surface area contributed by atoms with Gasteiger partial charge in [-0.3, -0.25) is 24.1 Å². The maximum atomic E-state index is 14.5. The van der Waals surface area contributed by atoms with Crippen molar-refractivity contribution < 1.29 is 33.4 Å². The molecule has 1 saturated carbocycles. The number of fused-ring (bicyclic) bond motifs is 4. The van der Waals surface area contributed by atoms with Gasteiger partial charge in [0.2, 0.25) is 23.6 Å². The molecule has 2 heterocycles. The minimum absolute atomic E-state index is 0.0370. The number of allylic oxidation sites excluding steroid dienone is 2. The van der Waals surface area contributed by atoms with E-state index in [4.69, 9.17) is 16.3 Å². The molecule has 6 atom stereocenters. The molecule has 4 aliphatic rings. The van der Waals surface area contributed by atoms with E-state index >= 15 is 0 Å². The maximum absolute atomic E-state index is 14.5. The van der Waals surface area contributed by atoms with E-state index in [-0.39, 0.29) is 34.7 Å². The Hall–Kier alpha value is -4.50. The number of phenols is 1. The molecule has 8 nitrogen and oxygen atoms in total. The lowest BCUT2D eigenvalue weighted by atomic mass is 9.51. The molecule has 2 aliphatic heterocycles. The van der Waals surface area contributed by atoms with Crippen molar-refractivity contribution >= 4 is 46.6 Å². The number of anilines is 2. The molecule has 7 rings (SSSR count). The topological polar surface area (TPSA) is 104 Å². The summed E-state index contributed by atoms with van der Waals surface area (Å²) in [5.41, 5.74) is 1.76. The van der Waals surface area contributed by atoms with E-state index in [9.17, 15) is 28.7 Å². The molecule has 3 fully saturated rings. The average molecular weight is 643 g/mol. The van der Waals surface area contributed by atoms with Crippen molar-refractivity contribution in [3.63, 3.8) is 0 Å². The van der Waals surface area contributed by atoms with Crippen LogP contribution in [0.5, 0.6) is 11.5 Å². The van der Waals surface area contributed by atoms with Gasteiger partial charge < -0.3 is 9.84 Å². The standard InChI is InChI=1S/C36H32ClFN2O6/c1-4-18-5-7-19(8-6-18)39-32(42)24-13-12-22-25(30(24)34(39)44)17-26-33(43)40(20-9-14-28(38)27(37)15-20)35(45)36(26,2)31(22)23-11-10-21(41)16-29(23)46-3/h5-12,14-16,24-26,30-31,41H,4,13,17H2,1-3H3/t24-,25+,26-,30-,31+,36+/m0/s1. The predicted octanol–water partition coefficient (Wildman–Crippen LogP) is 6.19. The maximum Gasteiger partial charge on any atom is 0.241 e. The zero-order valence-electron chi connectivity index (χ0n) is 25.5. The number of imide groups is 2. The van der Waals surface area contributed by atoms with Crippen LogP contribution >= 0.6 is 11.6 Å². The van der Waals surface area contributed by atoms with Crippen LogP contribution in [-0.4, -0.2) is 35.8 Å². The van der Waals surface area contributed by atoms with Crippen molar-refractivity contribution in [2.24, 2.45) is 29.1 Å². The number of benzene rings is 3. The molecular weight excluding hydrogens is 611 g/mol. The zero-order valence-corrected chi connectivity index (χ0v) is 26.3. The van der Waals surface area contributed by atoms with Gasteiger partial charge in [0.25, 0.3) is 0 Å². The van der Waals surface area contributed by atoms with Crippen LogP contribution in [-0.2, 0) is 25.6 Å². The molecule has 0 unspecified atom stereocenters. The molecule has 46 heavy (non-hydrogen) atoms. The smallest absolute Gasteiger partial charge is 0.241 e. The highest BCUT2D eigenvalue weighted by atomic mass is 35.5. The van der Waals surface area contributed by atoms with Crippen molar-refractivity contribution in [3.05, 3.63) is 94.3 Å². The van der Waals surface area contributed by atoms with Crippen molar-refractivity contribution in [3.8, 4) is 11.5 Å². The van der Waals surface area contributed by atoms with Gasteiger partial charge in [0.1, 0.15) is 17.3 Å². The zero-order chi connectivity index (χ0) is 32.7. The third kappa shape index (κ3) is 4.17. The Morgan fingerprint density at radius 2 is 1.65 bits per heavy atom. The molecule has 2 aliphatic carbocycles. The number of carbonyl (C=O) groups excluding carboxylic acids is 4. The number of rotatable bonds is 5. The lowest BCUT2D eigenvalue weighted by molar-refractivity contribution is -0.131. The highest BCUT2D eigenvalue weighted by Gasteiger charge is 2.68. The van der Waals surface area contributed by atoms with E-state index in [0.717, 1.165) is 28.5 Å². The summed E-state index contributed by atoms with van der Waals surface area (Å²) < 4.78 is 19.8. The number of aromatic hydroxyl groups is 1.